The lowest BCUT2D eigenvalue weighted by Gasteiger charge is -2.05. The van der Waals surface area contributed by atoms with Crippen LogP contribution in [-0.2, 0) is 0 Å². The van der Waals surface area contributed by atoms with Crippen molar-refractivity contribution in [3.63, 3.8) is 0 Å². The van der Waals surface area contributed by atoms with Gasteiger partial charge in [0.05, 0.1) is 18.2 Å². The molecule has 0 heterocycles. The van der Waals surface area contributed by atoms with Crippen LogP contribution >= 0.6 is 0 Å². The lowest BCUT2D eigenvalue weighted by molar-refractivity contribution is 0.0696. The molecule has 1 aromatic carbocycles. The van der Waals surface area contributed by atoms with E-state index in [1.165, 1.54) is 7.11 Å². The van der Waals surface area contributed by atoms with Gasteiger partial charge in [0.15, 0.2) is 11.5 Å². The summed E-state index contributed by atoms with van der Waals surface area (Å²) in [5.41, 5.74) is -0.294. The van der Waals surface area contributed by atoms with E-state index in [1.807, 2.05) is 0 Å². The topological polar surface area (TPSA) is 90.5 Å². The molecular weight excluding hydrogens is 186 g/mol. The Hall–Kier alpha value is -2.22. The minimum atomic E-state index is -1.24. The van der Waals surface area contributed by atoms with Gasteiger partial charge in [0.25, 0.3) is 0 Å². The van der Waals surface area contributed by atoms with Crippen LogP contribution in [0.15, 0.2) is 12.1 Å². The Labute approximate surface area is 79.8 Å². The number of carbonyl (C=O) groups is 1. The van der Waals surface area contributed by atoms with Crippen molar-refractivity contribution in [1.82, 2.24) is 0 Å². The van der Waals surface area contributed by atoms with Gasteiger partial charge in [0, 0.05) is 6.07 Å². The molecule has 0 aliphatic rings. The number of rotatable bonds is 2. The van der Waals surface area contributed by atoms with E-state index in [4.69, 9.17) is 15.1 Å². The number of hydrogen-bond donors (Lipinski definition) is 2. The third kappa shape index (κ3) is 1.59. The Balaban J connectivity index is 3.42. The molecule has 0 unspecified atom stereocenters. The molecule has 0 radical (unpaired) electrons. The minimum absolute atomic E-state index is 0.0291. The van der Waals surface area contributed by atoms with E-state index in [0.717, 1.165) is 12.1 Å². The predicted molar refractivity (Wildman–Crippen MR) is 46.3 cm³/mol. The highest BCUT2D eigenvalue weighted by Gasteiger charge is 2.14. The van der Waals surface area contributed by atoms with E-state index in [0.29, 0.717) is 0 Å². The molecule has 0 aliphatic heterocycles. The fourth-order valence-corrected chi connectivity index (χ4v) is 1.00. The summed E-state index contributed by atoms with van der Waals surface area (Å²) in [6.45, 7) is 0. The second kappa shape index (κ2) is 3.66. The number of aromatic hydroxyl groups is 1. The Bertz CT molecular complexity index is 420. The summed E-state index contributed by atoms with van der Waals surface area (Å²) in [6.07, 6.45) is 0. The van der Waals surface area contributed by atoms with Crippen LogP contribution < -0.4 is 4.74 Å². The maximum Gasteiger partial charge on any atom is 0.337 e. The van der Waals surface area contributed by atoms with Crippen LogP contribution in [0.5, 0.6) is 11.5 Å². The van der Waals surface area contributed by atoms with Crippen molar-refractivity contribution in [3.8, 4) is 17.6 Å². The Kier molecular flexibility index (Phi) is 2.58. The molecule has 0 aromatic heterocycles. The molecule has 1 rings (SSSR count). The first kappa shape index (κ1) is 9.86. The van der Waals surface area contributed by atoms with Gasteiger partial charge in [-0.15, -0.1) is 0 Å². The van der Waals surface area contributed by atoms with Gasteiger partial charge in [-0.25, -0.2) is 4.79 Å². The summed E-state index contributed by atoms with van der Waals surface area (Å²) >= 11 is 0. The van der Waals surface area contributed by atoms with Crippen LogP contribution in [0.2, 0.25) is 0 Å². The van der Waals surface area contributed by atoms with Crippen molar-refractivity contribution in [1.29, 1.82) is 5.26 Å². The van der Waals surface area contributed by atoms with E-state index in [-0.39, 0.29) is 22.6 Å². The van der Waals surface area contributed by atoms with E-state index >= 15 is 0 Å². The van der Waals surface area contributed by atoms with Gasteiger partial charge in [-0.3, -0.25) is 0 Å². The Morgan fingerprint density at radius 2 is 2.21 bits per heavy atom. The molecule has 0 bridgehead atoms. The first-order chi connectivity index (χ1) is 6.60. The molecular formula is C9H7NO4. The first-order valence-electron chi connectivity index (χ1n) is 3.64. The number of carboxylic acid groups (broad SMARTS) is 1. The van der Waals surface area contributed by atoms with Crippen molar-refractivity contribution < 1.29 is 19.7 Å². The third-order valence-corrected chi connectivity index (χ3v) is 1.67. The number of carboxylic acids is 1. The quantitative estimate of drug-likeness (QED) is 0.730. The summed E-state index contributed by atoms with van der Waals surface area (Å²) in [7, 11) is 1.30. The van der Waals surface area contributed by atoms with E-state index in [1.54, 1.807) is 6.07 Å². The molecule has 14 heavy (non-hydrogen) atoms. The van der Waals surface area contributed by atoms with Crippen LogP contribution in [0.4, 0.5) is 0 Å². The second-order valence-electron chi connectivity index (χ2n) is 2.49. The van der Waals surface area contributed by atoms with Crippen LogP contribution in [0, 0.1) is 11.3 Å². The van der Waals surface area contributed by atoms with Gasteiger partial charge in [0.2, 0.25) is 0 Å². The highest BCUT2D eigenvalue weighted by Crippen LogP contribution is 2.28. The van der Waals surface area contributed by atoms with Crippen LogP contribution in [-0.4, -0.2) is 23.3 Å². The zero-order chi connectivity index (χ0) is 10.7. The average molecular weight is 193 g/mol. The maximum atomic E-state index is 10.7. The highest BCUT2D eigenvalue weighted by atomic mass is 16.5. The molecule has 0 spiro atoms. The standard InChI is InChI=1S/C9H7NO4/c1-14-8-3-6(9(12)13)5(4-10)2-7(8)11/h2-3,11H,1H3,(H,12,13). The van der Waals surface area contributed by atoms with Crippen molar-refractivity contribution >= 4 is 5.97 Å². The number of phenolic OH excluding ortho intramolecular Hbond substituents is 1. The lowest BCUT2D eigenvalue weighted by atomic mass is 10.1. The van der Waals surface area contributed by atoms with Crippen molar-refractivity contribution in [2.45, 2.75) is 0 Å². The van der Waals surface area contributed by atoms with Gasteiger partial charge in [-0.05, 0) is 6.07 Å². The van der Waals surface area contributed by atoms with Crippen LogP contribution in [0.1, 0.15) is 15.9 Å². The zero-order valence-corrected chi connectivity index (χ0v) is 7.31. The molecule has 0 saturated carbocycles. The number of aromatic carboxylic acids is 1. The molecule has 0 atom stereocenters. The molecule has 0 aliphatic carbocycles. The maximum absolute atomic E-state index is 10.7. The summed E-state index contributed by atoms with van der Waals surface area (Å²) in [5, 5.41) is 26.6. The Morgan fingerprint density at radius 3 is 2.64 bits per heavy atom. The lowest BCUT2D eigenvalue weighted by Crippen LogP contribution is -2.01. The zero-order valence-electron chi connectivity index (χ0n) is 7.31. The fourth-order valence-electron chi connectivity index (χ4n) is 1.00. The number of benzene rings is 1. The number of methoxy groups -OCH3 is 1. The van der Waals surface area contributed by atoms with E-state index in [2.05, 4.69) is 0 Å². The molecule has 72 valence electrons. The van der Waals surface area contributed by atoms with E-state index in [9.17, 15) is 9.90 Å². The molecule has 0 fully saturated rings. The monoisotopic (exact) mass is 193 g/mol. The molecule has 0 saturated heterocycles. The molecule has 2 N–H and O–H groups in total. The predicted octanol–water partition coefficient (Wildman–Crippen LogP) is 0.971. The SMILES string of the molecule is COc1cc(C(=O)O)c(C#N)cc1O. The number of ether oxygens (including phenoxy) is 1. The molecule has 5 heteroatoms. The summed E-state index contributed by atoms with van der Waals surface area (Å²) in [6, 6.07) is 3.84. The summed E-state index contributed by atoms with van der Waals surface area (Å²) in [5.74, 6) is -1.46. The number of phenols is 1. The third-order valence-electron chi connectivity index (χ3n) is 1.67. The Morgan fingerprint density at radius 1 is 1.57 bits per heavy atom. The van der Waals surface area contributed by atoms with Gasteiger partial charge >= 0.3 is 5.97 Å². The molecule has 5 nitrogen and oxygen atoms in total. The first-order valence-corrected chi connectivity index (χ1v) is 3.64. The number of nitrogens with zero attached hydrogens (tertiary/aromatic N) is 1. The number of nitriles is 1. The van der Waals surface area contributed by atoms with Crippen molar-refractivity contribution in [2.75, 3.05) is 7.11 Å². The summed E-state index contributed by atoms with van der Waals surface area (Å²) in [4.78, 5) is 10.7. The summed E-state index contributed by atoms with van der Waals surface area (Å²) < 4.78 is 4.71. The average Bonchev–Trinajstić information content (AvgIpc) is 2.16. The largest absolute Gasteiger partial charge is 0.504 e. The van der Waals surface area contributed by atoms with Crippen LogP contribution in [0.3, 0.4) is 0 Å². The second-order valence-corrected chi connectivity index (χ2v) is 2.49. The van der Waals surface area contributed by atoms with Gasteiger partial charge in [-0.2, -0.15) is 5.26 Å². The van der Waals surface area contributed by atoms with Gasteiger partial charge < -0.3 is 14.9 Å². The molecule has 1 aromatic rings. The number of hydrogen-bond acceptors (Lipinski definition) is 4. The highest BCUT2D eigenvalue weighted by molar-refractivity contribution is 5.91. The smallest absolute Gasteiger partial charge is 0.337 e. The molecule has 0 amide bonds. The van der Waals surface area contributed by atoms with E-state index < -0.39 is 5.97 Å². The van der Waals surface area contributed by atoms with Gasteiger partial charge in [0.1, 0.15) is 6.07 Å². The van der Waals surface area contributed by atoms with Gasteiger partial charge in [-0.1, -0.05) is 0 Å². The van der Waals surface area contributed by atoms with Crippen LogP contribution in [0.25, 0.3) is 0 Å². The fraction of sp³-hybridized carbons (Fsp3) is 0.111. The normalized spacial score (nSPS) is 9.14. The van der Waals surface area contributed by atoms with Crippen molar-refractivity contribution in [3.05, 3.63) is 23.3 Å². The minimum Gasteiger partial charge on any atom is -0.504 e. The van der Waals surface area contributed by atoms with Crippen molar-refractivity contribution in [2.24, 2.45) is 0 Å².